The highest BCUT2D eigenvalue weighted by molar-refractivity contribution is 5.76. The van der Waals surface area contributed by atoms with Crippen molar-refractivity contribution in [1.29, 1.82) is 0 Å². The number of hydrogen-bond donors (Lipinski definition) is 3. The van der Waals surface area contributed by atoms with E-state index in [2.05, 4.69) is 43.5 Å². The first-order valence-corrected chi connectivity index (χ1v) is 32.3. The number of unbranched alkanes of at least 4 members (excludes halogenated alkanes) is 45. The molecule has 2 atom stereocenters. The van der Waals surface area contributed by atoms with E-state index in [-0.39, 0.29) is 18.5 Å². The van der Waals surface area contributed by atoms with E-state index in [4.69, 9.17) is 4.74 Å². The van der Waals surface area contributed by atoms with Gasteiger partial charge in [-0.3, -0.25) is 9.59 Å². The number of allylic oxidation sites excluding steroid dienone is 5. The van der Waals surface area contributed by atoms with Gasteiger partial charge in [-0.05, 0) is 83.5 Å². The molecule has 0 aliphatic heterocycles. The van der Waals surface area contributed by atoms with Gasteiger partial charge in [0.25, 0.3) is 0 Å². The van der Waals surface area contributed by atoms with Crippen LogP contribution in [0.2, 0.25) is 0 Å². The van der Waals surface area contributed by atoms with Crippen molar-refractivity contribution in [3.8, 4) is 0 Å². The van der Waals surface area contributed by atoms with Crippen LogP contribution in [0.4, 0.5) is 0 Å². The number of carbonyl (C=O) groups is 2. The number of ether oxygens (including phenoxy) is 1. The number of esters is 1. The summed E-state index contributed by atoms with van der Waals surface area (Å²) in [6.45, 7) is 4.91. The van der Waals surface area contributed by atoms with Gasteiger partial charge in [0.05, 0.1) is 25.4 Å². The SMILES string of the molecule is CCCCCCCC/C=C\CCCCCCCCCC(=O)OCCCCCCCCCCCCCC/C=C\CCCCCCCCCCCC(=O)NC(CO)C(O)/C=C/CCCCCCCCCCCCC. The average molecular weight is 1010 g/mol. The zero-order chi connectivity index (χ0) is 52.2. The van der Waals surface area contributed by atoms with Crippen molar-refractivity contribution in [2.45, 2.75) is 360 Å². The zero-order valence-electron chi connectivity index (χ0n) is 48.4. The van der Waals surface area contributed by atoms with E-state index in [1.165, 1.54) is 276 Å². The summed E-state index contributed by atoms with van der Waals surface area (Å²) < 4.78 is 5.49. The minimum absolute atomic E-state index is 0.00976. The third-order valence-corrected chi connectivity index (χ3v) is 14.9. The Kier molecular flexibility index (Phi) is 60.0. The van der Waals surface area contributed by atoms with Crippen molar-refractivity contribution in [2.24, 2.45) is 0 Å². The molecule has 0 saturated heterocycles. The lowest BCUT2D eigenvalue weighted by molar-refractivity contribution is -0.143. The van der Waals surface area contributed by atoms with E-state index >= 15 is 0 Å². The number of rotatable bonds is 60. The van der Waals surface area contributed by atoms with Crippen molar-refractivity contribution >= 4 is 11.9 Å². The van der Waals surface area contributed by atoms with Crippen LogP contribution in [0.3, 0.4) is 0 Å². The van der Waals surface area contributed by atoms with Gasteiger partial charge in [-0.25, -0.2) is 0 Å². The minimum atomic E-state index is -0.846. The molecule has 0 radical (unpaired) electrons. The molecule has 0 fully saturated rings. The minimum Gasteiger partial charge on any atom is -0.466 e. The van der Waals surface area contributed by atoms with Gasteiger partial charge in [0.2, 0.25) is 5.91 Å². The number of hydrogen-bond acceptors (Lipinski definition) is 5. The van der Waals surface area contributed by atoms with Crippen LogP contribution in [0.15, 0.2) is 36.5 Å². The molecule has 2 unspecified atom stereocenters. The Morgan fingerprint density at radius 2 is 0.653 bits per heavy atom. The summed E-state index contributed by atoms with van der Waals surface area (Å²) in [6, 6.07) is -0.630. The van der Waals surface area contributed by atoms with Crippen LogP contribution < -0.4 is 5.32 Å². The summed E-state index contributed by atoms with van der Waals surface area (Å²) in [6.07, 6.45) is 77.7. The van der Waals surface area contributed by atoms with E-state index in [1.807, 2.05) is 6.08 Å². The van der Waals surface area contributed by atoms with Crippen molar-refractivity contribution in [3.05, 3.63) is 36.5 Å². The van der Waals surface area contributed by atoms with Gasteiger partial charge in [-0.2, -0.15) is 0 Å². The van der Waals surface area contributed by atoms with Crippen LogP contribution in [0.25, 0.3) is 0 Å². The van der Waals surface area contributed by atoms with Gasteiger partial charge in [0.1, 0.15) is 0 Å². The summed E-state index contributed by atoms with van der Waals surface area (Å²) in [5, 5.41) is 23.1. The topological polar surface area (TPSA) is 95.9 Å². The molecule has 3 N–H and O–H groups in total. The predicted molar refractivity (Wildman–Crippen MR) is 315 cm³/mol. The van der Waals surface area contributed by atoms with E-state index < -0.39 is 12.1 Å². The summed E-state index contributed by atoms with van der Waals surface area (Å²) in [5.41, 5.74) is 0. The molecule has 0 aromatic carbocycles. The van der Waals surface area contributed by atoms with E-state index in [9.17, 15) is 19.8 Å². The molecule has 0 rings (SSSR count). The van der Waals surface area contributed by atoms with Gasteiger partial charge in [0, 0.05) is 12.8 Å². The summed E-state index contributed by atoms with van der Waals surface area (Å²) in [5.74, 6) is -0.0609. The van der Waals surface area contributed by atoms with Gasteiger partial charge >= 0.3 is 5.97 Å². The maximum absolute atomic E-state index is 12.4. The Hall–Kier alpha value is -1.92. The molecule has 6 heteroatoms. The highest BCUT2D eigenvalue weighted by Gasteiger charge is 2.18. The van der Waals surface area contributed by atoms with Crippen LogP contribution in [0.5, 0.6) is 0 Å². The lowest BCUT2D eigenvalue weighted by Crippen LogP contribution is -2.45. The third kappa shape index (κ3) is 57.4. The van der Waals surface area contributed by atoms with Crippen LogP contribution in [-0.2, 0) is 14.3 Å². The van der Waals surface area contributed by atoms with Crippen LogP contribution in [0.1, 0.15) is 348 Å². The second-order valence-corrected chi connectivity index (χ2v) is 22.1. The van der Waals surface area contributed by atoms with Gasteiger partial charge in [-0.15, -0.1) is 0 Å². The number of nitrogens with one attached hydrogen (secondary N) is 1. The monoisotopic (exact) mass is 1010 g/mol. The van der Waals surface area contributed by atoms with Gasteiger partial charge in [0.15, 0.2) is 0 Å². The largest absolute Gasteiger partial charge is 0.466 e. The Morgan fingerprint density at radius 3 is 0.986 bits per heavy atom. The van der Waals surface area contributed by atoms with E-state index in [0.29, 0.717) is 19.4 Å². The second kappa shape index (κ2) is 61.6. The number of amides is 1. The number of aliphatic hydroxyl groups is 2. The lowest BCUT2D eigenvalue weighted by atomic mass is 10.0. The molecular formula is C66H125NO5. The van der Waals surface area contributed by atoms with E-state index in [1.54, 1.807) is 6.08 Å². The van der Waals surface area contributed by atoms with Gasteiger partial charge in [-0.1, -0.05) is 288 Å². The fourth-order valence-corrected chi connectivity index (χ4v) is 9.92. The average Bonchev–Trinajstić information content (AvgIpc) is 3.38. The number of carbonyl (C=O) groups excluding carboxylic acids is 2. The molecular weight excluding hydrogens is 887 g/mol. The fraction of sp³-hybridized carbons (Fsp3) is 0.879. The number of aliphatic hydroxyl groups excluding tert-OH is 2. The van der Waals surface area contributed by atoms with Crippen molar-refractivity contribution in [2.75, 3.05) is 13.2 Å². The normalized spacial score (nSPS) is 12.8. The molecule has 0 aromatic rings. The standard InChI is InChI=1S/C66H125NO5/c1-3-5-7-9-11-13-15-17-18-28-32-36-40-44-48-52-56-60-66(71)72-61-57-53-49-45-41-37-33-30-27-25-23-21-19-20-22-24-26-29-31-35-39-43-47-51-55-59-65(70)67-63(62-68)64(69)58-54-50-46-42-38-34-16-14-12-10-8-6-4-2/h17-18,20,22,54,58,63-64,68-69H,3-16,19,21,23-53,55-57,59-62H2,1-2H3,(H,67,70)/b18-17-,22-20-,58-54+. The molecule has 0 aliphatic rings. The van der Waals surface area contributed by atoms with Crippen LogP contribution >= 0.6 is 0 Å². The first-order chi connectivity index (χ1) is 35.5. The van der Waals surface area contributed by atoms with Crippen LogP contribution in [-0.4, -0.2) is 47.4 Å². The van der Waals surface area contributed by atoms with Crippen molar-refractivity contribution < 1.29 is 24.5 Å². The Balaban J connectivity index is 3.40. The van der Waals surface area contributed by atoms with E-state index in [0.717, 1.165) is 44.9 Å². The Morgan fingerprint density at radius 1 is 0.375 bits per heavy atom. The first kappa shape index (κ1) is 70.1. The lowest BCUT2D eigenvalue weighted by Gasteiger charge is -2.20. The molecule has 1 amide bonds. The molecule has 424 valence electrons. The molecule has 0 aliphatic carbocycles. The molecule has 6 nitrogen and oxygen atoms in total. The van der Waals surface area contributed by atoms with Crippen LogP contribution in [0, 0.1) is 0 Å². The first-order valence-electron chi connectivity index (χ1n) is 32.3. The fourth-order valence-electron chi connectivity index (χ4n) is 9.92. The molecule has 0 aromatic heterocycles. The summed E-state index contributed by atoms with van der Waals surface area (Å²) in [4.78, 5) is 24.5. The quantitative estimate of drug-likeness (QED) is 0.0320. The molecule has 0 spiro atoms. The predicted octanol–water partition coefficient (Wildman–Crippen LogP) is 20.4. The summed E-state index contributed by atoms with van der Waals surface area (Å²) >= 11 is 0. The van der Waals surface area contributed by atoms with Crippen molar-refractivity contribution in [3.63, 3.8) is 0 Å². The smallest absolute Gasteiger partial charge is 0.305 e. The Bertz CT molecular complexity index is 1170. The Labute approximate surface area is 449 Å². The molecule has 0 bridgehead atoms. The highest BCUT2D eigenvalue weighted by atomic mass is 16.5. The molecule has 0 heterocycles. The summed E-state index contributed by atoms with van der Waals surface area (Å²) in [7, 11) is 0. The molecule has 72 heavy (non-hydrogen) atoms. The maximum atomic E-state index is 12.4. The van der Waals surface area contributed by atoms with Crippen molar-refractivity contribution in [1.82, 2.24) is 5.32 Å². The second-order valence-electron chi connectivity index (χ2n) is 22.1. The van der Waals surface area contributed by atoms with Gasteiger partial charge < -0.3 is 20.3 Å². The zero-order valence-corrected chi connectivity index (χ0v) is 48.4. The highest BCUT2D eigenvalue weighted by Crippen LogP contribution is 2.17. The molecule has 0 saturated carbocycles. The maximum Gasteiger partial charge on any atom is 0.305 e. The third-order valence-electron chi connectivity index (χ3n) is 14.9.